The van der Waals surface area contributed by atoms with Gasteiger partial charge in [-0.2, -0.15) is 5.10 Å². The van der Waals surface area contributed by atoms with Crippen LogP contribution in [0.4, 0.5) is 5.69 Å². The molecular weight excluding hydrogens is 294 g/mol. The van der Waals surface area contributed by atoms with Crippen LogP contribution >= 0.6 is 23.4 Å². The number of aryl methyl sites for hydroxylation is 2. The van der Waals surface area contributed by atoms with Gasteiger partial charge in [0.05, 0.1) is 22.8 Å². The summed E-state index contributed by atoms with van der Waals surface area (Å²) in [5.41, 5.74) is 3.61. The maximum atomic E-state index is 11.9. The standard InChI is InChI=1S/C14H16ClN3OS/c1-9-14(10(2)18-17-9)16-13(19)8-20-7-11-3-5-12(15)6-4-11/h3-6H,7-8H2,1-2H3,(H,16,19)(H,17,18). The predicted molar refractivity (Wildman–Crippen MR) is 84.3 cm³/mol. The van der Waals surface area contributed by atoms with Crippen LogP contribution in [0.15, 0.2) is 24.3 Å². The SMILES string of the molecule is Cc1n[nH]c(C)c1NC(=O)CSCc1ccc(Cl)cc1. The average Bonchev–Trinajstić information content (AvgIpc) is 2.73. The third kappa shape index (κ3) is 4.02. The van der Waals surface area contributed by atoms with Crippen LogP contribution in [-0.4, -0.2) is 21.9 Å². The van der Waals surface area contributed by atoms with E-state index in [0.29, 0.717) is 5.75 Å². The Morgan fingerprint density at radius 1 is 1.35 bits per heavy atom. The number of hydrogen-bond donors (Lipinski definition) is 2. The molecule has 6 heteroatoms. The summed E-state index contributed by atoms with van der Waals surface area (Å²) in [6.45, 7) is 3.75. The summed E-state index contributed by atoms with van der Waals surface area (Å²) >= 11 is 7.39. The maximum Gasteiger partial charge on any atom is 0.234 e. The number of nitrogens with one attached hydrogen (secondary N) is 2. The quantitative estimate of drug-likeness (QED) is 0.888. The predicted octanol–water partition coefficient (Wildman–Crippen LogP) is 3.55. The van der Waals surface area contributed by atoms with E-state index >= 15 is 0 Å². The fourth-order valence-corrected chi connectivity index (χ4v) is 2.67. The zero-order chi connectivity index (χ0) is 14.5. The number of anilines is 1. The second-order valence-corrected chi connectivity index (χ2v) is 5.90. The van der Waals surface area contributed by atoms with Crippen molar-refractivity contribution in [2.45, 2.75) is 19.6 Å². The fraction of sp³-hybridized carbons (Fsp3) is 0.286. The topological polar surface area (TPSA) is 57.8 Å². The molecular formula is C14H16ClN3OS. The molecule has 0 saturated carbocycles. The third-order valence-electron chi connectivity index (χ3n) is 2.81. The van der Waals surface area contributed by atoms with Crippen LogP contribution in [0.1, 0.15) is 17.0 Å². The number of rotatable bonds is 5. The van der Waals surface area contributed by atoms with Crippen molar-refractivity contribution in [3.63, 3.8) is 0 Å². The molecule has 0 atom stereocenters. The Kier molecular flexibility index (Phi) is 5.09. The van der Waals surface area contributed by atoms with Crippen LogP contribution < -0.4 is 5.32 Å². The normalized spacial score (nSPS) is 10.6. The summed E-state index contributed by atoms with van der Waals surface area (Å²) in [6, 6.07) is 7.65. The number of benzene rings is 1. The lowest BCUT2D eigenvalue weighted by molar-refractivity contribution is -0.113. The summed E-state index contributed by atoms with van der Waals surface area (Å²) in [5.74, 6) is 1.18. The van der Waals surface area contributed by atoms with Crippen LogP contribution in [0.25, 0.3) is 0 Å². The molecule has 0 spiro atoms. The number of carbonyl (C=O) groups is 1. The summed E-state index contributed by atoms with van der Waals surface area (Å²) in [7, 11) is 0. The van der Waals surface area contributed by atoms with E-state index in [9.17, 15) is 4.79 Å². The number of amides is 1. The van der Waals surface area contributed by atoms with Crippen molar-refractivity contribution in [3.05, 3.63) is 46.2 Å². The Morgan fingerprint density at radius 2 is 2.05 bits per heavy atom. The Labute approximate surface area is 127 Å². The highest BCUT2D eigenvalue weighted by molar-refractivity contribution is 7.99. The van der Waals surface area contributed by atoms with Crippen LogP contribution in [0, 0.1) is 13.8 Å². The molecule has 0 aliphatic heterocycles. The molecule has 0 aliphatic carbocycles. The number of aromatic amines is 1. The van der Waals surface area contributed by atoms with Crippen LogP contribution in [-0.2, 0) is 10.5 Å². The Morgan fingerprint density at radius 3 is 2.65 bits per heavy atom. The fourth-order valence-electron chi connectivity index (χ4n) is 1.75. The molecule has 0 fully saturated rings. The first kappa shape index (κ1) is 14.9. The van der Waals surface area contributed by atoms with E-state index < -0.39 is 0 Å². The van der Waals surface area contributed by atoms with E-state index in [0.717, 1.165) is 33.4 Å². The average molecular weight is 310 g/mol. The van der Waals surface area contributed by atoms with E-state index in [2.05, 4.69) is 15.5 Å². The van der Waals surface area contributed by atoms with Crippen molar-refractivity contribution in [3.8, 4) is 0 Å². The highest BCUT2D eigenvalue weighted by atomic mass is 35.5. The number of carbonyl (C=O) groups excluding carboxylic acids is 1. The molecule has 2 N–H and O–H groups in total. The molecule has 0 unspecified atom stereocenters. The van der Waals surface area contributed by atoms with Gasteiger partial charge in [0.15, 0.2) is 0 Å². The summed E-state index contributed by atoms with van der Waals surface area (Å²) in [6.07, 6.45) is 0. The highest BCUT2D eigenvalue weighted by Gasteiger charge is 2.10. The number of halogens is 1. The monoisotopic (exact) mass is 309 g/mol. The van der Waals surface area contributed by atoms with Gasteiger partial charge in [-0.15, -0.1) is 11.8 Å². The summed E-state index contributed by atoms with van der Waals surface area (Å²) < 4.78 is 0. The van der Waals surface area contributed by atoms with E-state index in [1.165, 1.54) is 0 Å². The van der Waals surface area contributed by atoms with Crippen molar-refractivity contribution in [1.82, 2.24) is 10.2 Å². The lowest BCUT2D eigenvalue weighted by Gasteiger charge is -2.05. The molecule has 106 valence electrons. The molecule has 2 rings (SSSR count). The first-order valence-corrected chi connectivity index (χ1v) is 7.73. The molecule has 0 radical (unpaired) electrons. The lowest BCUT2D eigenvalue weighted by Crippen LogP contribution is -2.15. The zero-order valence-electron chi connectivity index (χ0n) is 11.4. The van der Waals surface area contributed by atoms with Crippen molar-refractivity contribution >= 4 is 35.0 Å². The van der Waals surface area contributed by atoms with Gasteiger partial charge in [0.1, 0.15) is 0 Å². The first-order chi connectivity index (χ1) is 9.56. The number of aromatic nitrogens is 2. The van der Waals surface area contributed by atoms with Crippen molar-refractivity contribution in [2.24, 2.45) is 0 Å². The maximum absolute atomic E-state index is 11.9. The molecule has 1 heterocycles. The van der Waals surface area contributed by atoms with Crippen molar-refractivity contribution in [1.29, 1.82) is 0 Å². The van der Waals surface area contributed by atoms with Gasteiger partial charge in [-0.1, -0.05) is 23.7 Å². The molecule has 20 heavy (non-hydrogen) atoms. The van der Waals surface area contributed by atoms with Crippen LogP contribution in [0.3, 0.4) is 0 Å². The Bertz CT molecular complexity index is 575. The lowest BCUT2D eigenvalue weighted by atomic mass is 10.2. The van der Waals surface area contributed by atoms with E-state index in [-0.39, 0.29) is 5.91 Å². The Hall–Kier alpha value is -1.46. The minimum absolute atomic E-state index is 0.0171. The molecule has 1 aromatic carbocycles. The van der Waals surface area contributed by atoms with Crippen LogP contribution in [0.2, 0.25) is 5.02 Å². The largest absolute Gasteiger partial charge is 0.322 e. The van der Waals surface area contributed by atoms with Gasteiger partial charge >= 0.3 is 0 Å². The second kappa shape index (κ2) is 6.81. The minimum atomic E-state index is -0.0171. The first-order valence-electron chi connectivity index (χ1n) is 6.20. The zero-order valence-corrected chi connectivity index (χ0v) is 12.9. The van der Waals surface area contributed by atoms with Crippen molar-refractivity contribution < 1.29 is 4.79 Å². The molecule has 4 nitrogen and oxygen atoms in total. The van der Waals surface area contributed by atoms with Gasteiger partial charge in [0.2, 0.25) is 5.91 Å². The molecule has 2 aromatic rings. The second-order valence-electron chi connectivity index (χ2n) is 4.48. The highest BCUT2D eigenvalue weighted by Crippen LogP contribution is 2.18. The number of nitrogens with zero attached hydrogens (tertiary/aromatic N) is 1. The molecule has 1 aromatic heterocycles. The van der Waals surface area contributed by atoms with Crippen molar-refractivity contribution in [2.75, 3.05) is 11.1 Å². The smallest absolute Gasteiger partial charge is 0.234 e. The number of thioether (sulfide) groups is 1. The molecule has 1 amide bonds. The molecule has 0 aliphatic rings. The van der Waals surface area contributed by atoms with Gasteiger partial charge in [-0.25, -0.2) is 0 Å². The summed E-state index contributed by atoms with van der Waals surface area (Å²) in [4.78, 5) is 11.9. The van der Waals surface area contributed by atoms with Gasteiger partial charge in [-0.3, -0.25) is 9.89 Å². The van der Waals surface area contributed by atoms with E-state index in [1.54, 1.807) is 11.8 Å². The number of hydrogen-bond acceptors (Lipinski definition) is 3. The Balaban J connectivity index is 1.80. The van der Waals surface area contributed by atoms with E-state index in [1.807, 2.05) is 38.1 Å². The van der Waals surface area contributed by atoms with Crippen LogP contribution in [0.5, 0.6) is 0 Å². The third-order valence-corrected chi connectivity index (χ3v) is 4.06. The van der Waals surface area contributed by atoms with E-state index in [4.69, 9.17) is 11.6 Å². The molecule has 0 bridgehead atoms. The minimum Gasteiger partial charge on any atom is -0.322 e. The van der Waals surface area contributed by atoms with Gasteiger partial charge in [0.25, 0.3) is 0 Å². The summed E-state index contributed by atoms with van der Waals surface area (Å²) in [5, 5.41) is 10.5. The van der Waals surface area contributed by atoms with Gasteiger partial charge in [0, 0.05) is 10.8 Å². The molecule has 0 saturated heterocycles. The van der Waals surface area contributed by atoms with Gasteiger partial charge in [-0.05, 0) is 31.5 Å². The van der Waals surface area contributed by atoms with Gasteiger partial charge < -0.3 is 5.32 Å². The number of H-pyrrole nitrogens is 1.